The Bertz CT molecular complexity index is 602. The van der Waals surface area contributed by atoms with E-state index >= 15 is 0 Å². The molecule has 1 N–H and O–H groups in total. The third-order valence-corrected chi connectivity index (χ3v) is 5.32. The first kappa shape index (κ1) is 13.7. The molecule has 0 amide bonds. The van der Waals surface area contributed by atoms with Crippen LogP contribution in [0.3, 0.4) is 0 Å². The number of hydrogen-bond donors (Lipinski definition) is 1. The van der Waals surface area contributed by atoms with Crippen LogP contribution >= 0.6 is 11.8 Å². The zero-order valence-corrected chi connectivity index (χ0v) is 12.7. The second-order valence-corrected chi connectivity index (χ2v) is 6.38. The van der Waals surface area contributed by atoms with Crippen LogP contribution in [0.15, 0.2) is 30.3 Å². The van der Waals surface area contributed by atoms with E-state index in [1.54, 1.807) is 0 Å². The van der Waals surface area contributed by atoms with Gasteiger partial charge in [-0.15, -0.1) is 0 Å². The lowest BCUT2D eigenvalue weighted by molar-refractivity contribution is 0.127. The van der Waals surface area contributed by atoms with Gasteiger partial charge < -0.3 is 10.1 Å². The summed E-state index contributed by atoms with van der Waals surface area (Å²) in [5.74, 6) is 1.97. The van der Waals surface area contributed by atoms with Gasteiger partial charge in [-0.2, -0.15) is 11.8 Å². The van der Waals surface area contributed by atoms with Gasteiger partial charge in [-0.3, -0.25) is 0 Å². The van der Waals surface area contributed by atoms with Crippen molar-refractivity contribution in [2.75, 3.05) is 19.0 Å². The standard InChI is InChI=1S/C16H20N2OS/c1-11-15(7-8-19-11)20-10-13-9-12-5-3-4-6-14(12)18-16(13)17-2/h3-6,9,11,15H,7-8,10H2,1-2H3,(H,17,18). The zero-order valence-electron chi connectivity index (χ0n) is 11.9. The van der Waals surface area contributed by atoms with Crippen LogP contribution in [0, 0.1) is 0 Å². The molecule has 106 valence electrons. The highest BCUT2D eigenvalue weighted by atomic mass is 32.2. The minimum Gasteiger partial charge on any atom is -0.377 e. The minimum absolute atomic E-state index is 0.367. The summed E-state index contributed by atoms with van der Waals surface area (Å²) in [4.78, 5) is 4.70. The Morgan fingerprint density at radius 3 is 3.00 bits per heavy atom. The van der Waals surface area contributed by atoms with Crippen molar-refractivity contribution in [2.45, 2.75) is 30.5 Å². The average Bonchev–Trinajstić information content (AvgIpc) is 2.89. The lowest BCUT2D eigenvalue weighted by atomic mass is 10.1. The van der Waals surface area contributed by atoms with Crippen molar-refractivity contribution in [3.05, 3.63) is 35.9 Å². The normalized spacial score (nSPS) is 22.3. The van der Waals surface area contributed by atoms with Crippen LogP contribution in [0.1, 0.15) is 18.9 Å². The number of rotatable bonds is 4. The second kappa shape index (κ2) is 6.02. The molecule has 3 nitrogen and oxygen atoms in total. The minimum atomic E-state index is 0.367. The maximum atomic E-state index is 5.63. The topological polar surface area (TPSA) is 34.2 Å². The fourth-order valence-corrected chi connectivity index (χ4v) is 3.84. The molecule has 4 heteroatoms. The number of anilines is 1. The summed E-state index contributed by atoms with van der Waals surface area (Å²) in [6, 6.07) is 10.5. The van der Waals surface area contributed by atoms with Gasteiger partial charge in [0.05, 0.1) is 11.6 Å². The highest BCUT2D eigenvalue weighted by Gasteiger charge is 2.24. The van der Waals surface area contributed by atoms with E-state index < -0.39 is 0 Å². The third kappa shape index (κ3) is 2.76. The number of aromatic nitrogens is 1. The molecule has 2 heterocycles. The van der Waals surface area contributed by atoms with Crippen LogP contribution in [0.4, 0.5) is 5.82 Å². The Kier molecular flexibility index (Phi) is 4.13. The Morgan fingerprint density at radius 2 is 2.25 bits per heavy atom. The van der Waals surface area contributed by atoms with E-state index in [0.717, 1.165) is 30.1 Å². The summed E-state index contributed by atoms with van der Waals surface area (Å²) < 4.78 is 5.63. The lowest BCUT2D eigenvalue weighted by Crippen LogP contribution is -2.13. The predicted octanol–water partition coefficient (Wildman–Crippen LogP) is 3.69. The van der Waals surface area contributed by atoms with E-state index in [-0.39, 0.29) is 0 Å². The summed E-state index contributed by atoms with van der Waals surface area (Å²) in [5.41, 5.74) is 2.32. The van der Waals surface area contributed by atoms with Crippen LogP contribution < -0.4 is 5.32 Å². The average molecular weight is 288 g/mol. The summed E-state index contributed by atoms with van der Waals surface area (Å²) >= 11 is 1.98. The van der Waals surface area contributed by atoms with Crippen LogP contribution in [-0.2, 0) is 10.5 Å². The largest absolute Gasteiger partial charge is 0.377 e. The summed E-state index contributed by atoms with van der Waals surface area (Å²) in [7, 11) is 1.94. The van der Waals surface area contributed by atoms with Gasteiger partial charge in [-0.1, -0.05) is 18.2 Å². The third-order valence-electron chi connectivity index (χ3n) is 3.80. The number of pyridine rings is 1. The van der Waals surface area contributed by atoms with Crippen molar-refractivity contribution in [3.8, 4) is 0 Å². The van der Waals surface area contributed by atoms with Crippen LogP contribution in [-0.4, -0.2) is 30.0 Å². The van der Waals surface area contributed by atoms with Crippen molar-refractivity contribution in [2.24, 2.45) is 0 Å². The Labute approximate surface area is 124 Å². The van der Waals surface area contributed by atoms with Gasteiger partial charge in [0.1, 0.15) is 5.82 Å². The van der Waals surface area contributed by atoms with Crippen molar-refractivity contribution in [3.63, 3.8) is 0 Å². The number of ether oxygens (including phenoxy) is 1. The van der Waals surface area contributed by atoms with Crippen molar-refractivity contribution < 1.29 is 4.74 Å². The van der Waals surface area contributed by atoms with Gasteiger partial charge in [-0.25, -0.2) is 4.98 Å². The van der Waals surface area contributed by atoms with Gasteiger partial charge in [0, 0.05) is 35.6 Å². The first-order chi connectivity index (χ1) is 9.78. The molecule has 20 heavy (non-hydrogen) atoms. The molecular formula is C16H20N2OS. The number of nitrogens with zero attached hydrogens (tertiary/aromatic N) is 1. The Morgan fingerprint density at radius 1 is 1.40 bits per heavy atom. The fraction of sp³-hybridized carbons (Fsp3) is 0.438. The van der Waals surface area contributed by atoms with Crippen molar-refractivity contribution >= 4 is 28.5 Å². The zero-order chi connectivity index (χ0) is 13.9. The Hall–Kier alpha value is -1.26. The number of benzene rings is 1. The number of hydrogen-bond acceptors (Lipinski definition) is 4. The van der Waals surface area contributed by atoms with E-state index in [9.17, 15) is 0 Å². The molecular weight excluding hydrogens is 268 g/mol. The lowest BCUT2D eigenvalue weighted by Gasteiger charge is -2.15. The highest BCUT2D eigenvalue weighted by molar-refractivity contribution is 7.99. The molecule has 0 spiro atoms. The van der Waals surface area contributed by atoms with Gasteiger partial charge in [0.25, 0.3) is 0 Å². The van der Waals surface area contributed by atoms with E-state index in [4.69, 9.17) is 9.72 Å². The molecule has 0 saturated carbocycles. The summed E-state index contributed by atoms with van der Waals surface area (Å²) in [6.07, 6.45) is 1.52. The molecule has 2 atom stereocenters. The first-order valence-electron chi connectivity index (χ1n) is 7.07. The van der Waals surface area contributed by atoms with Gasteiger partial charge in [0.2, 0.25) is 0 Å². The van der Waals surface area contributed by atoms with Gasteiger partial charge in [-0.05, 0) is 25.5 Å². The molecule has 1 saturated heterocycles. The van der Waals surface area contributed by atoms with E-state index in [0.29, 0.717) is 11.4 Å². The quantitative estimate of drug-likeness (QED) is 0.930. The van der Waals surface area contributed by atoms with Gasteiger partial charge >= 0.3 is 0 Å². The monoisotopic (exact) mass is 288 g/mol. The molecule has 1 aromatic carbocycles. The van der Waals surface area contributed by atoms with E-state index in [1.165, 1.54) is 10.9 Å². The predicted molar refractivity (Wildman–Crippen MR) is 86.4 cm³/mol. The molecule has 2 unspecified atom stereocenters. The number of para-hydroxylation sites is 1. The van der Waals surface area contributed by atoms with E-state index in [1.807, 2.05) is 24.9 Å². The van der Waals surface area contributed by atoms with Crippen molar-refractivity contribution in [1.82, 2.24) is 4.98 Å². The SMILES string of the molecule is CNc1nc2ccccc2cc1CSC1CCOC1C. The molecule has 0 bridgehead atoms. The summed E-state index contributed by atoms with van der Waals surface area (Å²) in [5, 5.41) is 5.03. The second-order valence-electron chi connectivity index (χ2n) is 5.15. The molecule has 3 rings (SSSR count). The summed E-state index contributed by atoms with van der Waals surface area (Å²) in [6.45, 7) is 3.07. The molecule has 0 aliphatic carbocycles. The van der Waals surface area contributed by atoms with E-state index in [2.05, 4.69) is 36.5 Å². The highest BCUT2D eigenvalue weighted by Crippen LogP contribution is 2.31. The maximum Gasteiger partial charge on any atom is 0.130 e. The van der Waals surface area contributed by atoms with Crippen LogP contribution in [0.2, 0.25) is 0 Å². The smallest absolute Gasteiger partial charge is 0.130 e. The fourth-order valence-electron chi connectivity index (χ4n) is 2.61. The van der Waals surface area contributed by atoms with Crippen LogP contribution in [0.25, 0.3) is 10.9 Å². The maximum absolute atomic E-state index is 5.63. The van der Waals surface area contributed by atoms with Crippen LogP contribution in [0.5, 0.6) is 0 Å². The number of nitrogens with one attached hydrogen (secondary N) is 1. The molecule has 2 aromatic rings. The molecule has 1 aromatic heterocycles. The molecule has 0 radical (unpaired) electrons. The van der Waals surface area contributed by atoms with Gasteiger partial charge in [0.15, 0.2) is 0 Å². The first-order valence-corrected chi connectivity index (χ1v) is 8.12. The molecule has 1 aliphatic rings. The number of fused-ring (bicyclic) bond motifs is 1. The number of thioether (sulfide) groups is 1. The molecule has 1 aliphatic heterocycles. The molecule has 1 fully saturated rings. The van der Waals surface area contributed by atoms with Crippen molar-refractivity contribution in [1.29, 1.82) is 0 Å². The Balaban J connectivity index is 1.82.